The van der Waals surface area contributed by atoms with Gasteiger partial charge in [-0.25, -0.2) is 4.79 Å². The zero-order valence-electron chi connectivity index (χ0n) is 16.7. The highest BCUT2D eigenvalue weighted by atomic mass is 19.4. The van der Waals surface area contributed by atoms with Gasteiger partial charge in [-0.1, -0.05) is 0 Å². The van der Waals surface area contributed by atoms with Crippen molar-refractivity contribution < 1.29 is 62.9 Å². The minimum absolute atomic E-state index is 0.117. The number of nitrogens with zero attached hydrogens (tertiary/aromatic N) is 2. The summed E-state index contributed by atoms with van der Waals surface area (Å²) >= 11 is 0. The Labute approximate surface area is 188 Å². The van der Waals surface area contributed by atoms with Crippen molar-refractivity contribution in [2.24, 2.45) is 0 Å². The van der Waals surface area contributed by atoms with Crippen LogP contribution >= 0.6 is 0 Å². The summed E-state index contributed by atoms with van der Waals surface area (Å²) in [5.41, 5.74) is -0.117. The Morgan fingerprint density at radius 2 is 1.31 bits per heavy atom. The van der Waals surface area contributed by atoms with Crippen molar-refractivity contribution in [3.8, 4) is 17.5 Å². The van der Waals surface area contributed by atoms with Gasteiger partial charge in [-0.3, -0.25) is 5.32 Å². The van der Waals surface area contributed by atoms with Crippen LogP contribution in [0.3, 0.4) is 0 Å². The van der Waals surface area contributed by atoms with Crippen molar-refractivity contribution >= 4 is 17.7 Å². The molecule has 0 spiro atoms. The van der Waals surface area contributed by atoms with Crippen LogP contribution in [0.25, 0.3) is 0 Å². The smallest absolute Gasteiger partial charge is 0.461 e. The Morgan fingerprint density at radius 3 is 1.74 bits per heavy atom. The highest BCUT2D eigenvalue weighted by molar-refractivity contribution is 5.98. The number of carbonyl (C=O) groups excluding carboxylic acids is 1. The summed E-state index contributed by atoms with van der Waals surface area (Å²) in [6, 6.07) is 2.85. The molecule has 0 saturated carbocycles. The van der Waals surface area contributed by atoms with Gasteiger partial charge in [-0.05, 0) is 24.3 Å². The highest BCUT2D eigenvalue weighted by Crippen LogP contribution is 2.28. The Morgan fingerprint density at radius 1 is 0.829 bits per heavy atom. The van der Waals surface area contributed by atoms with E-state index in [0.29, 0.717) is 6.07 Å². The molecule has 2 amide bonds. The van der Waals surface area contributed by atoms with Crippen molar-refractivity contribution in [3.63, 3.8) is 0 Å². The maximum atomic E-state index is 12.9. The second kappa shape index (κ2) is 10.7. The molecule has 0 atom stereocenters. The Bertz CT molecular complexity index is 964. The van der Waals surface area contributed by atoms with Crippen LogP contribution in [0.1, 0.15) is 0 Å². The van der Waals surface area contributed by atoms with E-state index in [1.54, 1.807) is 0 Å². The number of urea groups is 1. The summed E-state index contributed by atoms with van der Waals surface area (Å²) in [4.78, 5) is 18.8. The van der Waals surface area contributed by atoms with Gasteiger partial charge in [0.15, 0.2) is 13.2 Å². The lowest BCUT2D eigenvalue weighted by Gasteiger charge is -2.17. The molecule has 18 heteroatoms. The molecule has 8 nitrogen and oxygen atoms in total. The van der Waals surface area contributed by atoms with Crippen LogP contribution in [0.2, 0.25) is 0 Å². The van der Waals surface area contributed by atoms with Gasteiger partial charge in [0.25, 0.3) is 0 Å². The molecule has 194 valence electrons. The maximum Gasteiger partial charge on any atom is 0.461 e. The molecule has 0 aliphatic heterocycles. The molecule has 0 bridgehead atoms. The van der Waals surface area contributed by atoms with Gasteiger partial charge in [-0.2, -0.15) is 53.9 Å². The average Bonchev–Trinajstić information content (AvgIpc) is 2.71. The van der Waals surface area contributed by atoms with Gasteiger partial charge in [-0.15, -0.1) is 0 Å². The number of amides is 2. The summed E-state index contributed by atoms with van der Waals surface area (Å²) in [7, 11) is 0. The van der Waals surface area contributed by atoms with Crippen LogP contribution in [-0.4, -0.2) is 54.1 Å². The molecule has 0 saturated heterocycles. The van der Waals surface area contributed by atoms with Crippen LogP contribution in [-0.2, 0) is 0 Å². The van der Waals surface area contributed by atoms with Crippen LogP contribution in [0.5, 0.6) is 17.5 Å². The van der Waals surface area contributed by atoms with E-state index in [9.17, 15) is 48.7 Å². The standard InChI is InChI=1S/C17H12F10N4O4/c18-12(19)17(26,27)35-9-3-1-8(2-4-9)28-14(32)31-13-29-10(33-6-15(20,21)22)5-11(30-13)34-7-16(23,24)25/h1-5,12H,6-7H2,(H2,28,29,30,31,32). The van der Waals surface area contributed by atoms with Crippen LogP contribution in [0, 0.1) is 0 Å². The fraction of sp³-hybridized carbons (Fsp3) is 0.353. The van der Waals surface area contributed by atoms with Gasteiger partial charge in [0.2, 0.25) is 17.7 Å². The minimum atomic E-state index is -4.82. The third-order valence-electron chi connectivity index (χ3n) is 3.29. The molecule has 1 aromatic carbocycles. The normalized spacial score (nSPS) is 12.3. The molecular weight excluding hydrogens is 514 g/mol. The molecule has 0 unspecified atom stereocenters. The van der Waals surface area contributed by atoms with Gasteiger partial charge in [0, 0.05) is 5.69 Å². The predicted octanol–water partition coefficient (Wildman–Crippen LogP) is 5.24. The zero-order valence-corrected chi connectivity index (χ0v) is 16.7. The lowest BCUT2D eigenvalue weighted by Crippen LogP contribution is -2.33. The summed E-state index contributed by atoms with van der Waals surface area (Å²) in [5.74, 6) is -3.26. The van der Waals surface area contributed by atoms with Crippen LogP contribution in [0.15, 0.2) is 30.3 Å². The lowest BCUT2D eigenvalue weighted by molar-refractivity contribution is -0.253. The molecule has 0 aliphatic rings. The van der Waals surface area contributed by atoms with Crippen LogP contribution in [0.4, 0.5) is 60.3 Å². The van der Waals surface area contributed by atoms with Crippen molar-refractivity contribution in [3.05, 3.63) is 30.3 Å². The number of ether oxygens (including phenoxy) is 3. The van der Waals surface area contributed by atoms with Gasteiger partial charge in [0.05, 0.1) is 6.07 Å². The topological polar surface area (TPSA) is 94.6 Å². The molecule has 1 aromatic heterocycles. The molecule has 1 heterocycles. The summed E-state index contributed by atoms with van der Waals surface area (Å²) in [5, 5.41) is 3.98. The molecule has 35 heavy (non-hydrogen) atoms. The van der Waals surface area contributed by atoms with E-state index in [1.807, 2.05) is 5.32 Å². The Kier molecular flexibility index (Phi) is 8.40. The number of anilines is 2. The minimum Gasteiger partial charge on any atom is -0.468 e. The highest BCUT2D eigenvalue weighted by Gasteiger charge is 2.44. The fourth-order valence-electron chi connectivity index (χ4n) is 1.99. The number of nitrogens with one attached hydrogen (secondary N) is 2. The molecule has 0 fully saturated rings. The lowest BCUT2D eigenvalue weighted by atomic mass is 10.3. The number of alkyl halides is 10. The number of hydrogen-bond donors (Lipinski definition) is 2. The summed E-state index contributed by atoms with van der Waals surface area (Å²) in [6.45, 7) is -3.74. The average molecular weight is 526 g/mol. The van der Waals surface area contributed by atoms with Gasteiger partial charge in [0.1, 0.15) is 5.75 Å². The van der Waals surface area contributed by atoms with Crippen LogP contribution < -0.4 is 24.8 Å². The zero-order chi connectivity index (χ0) is 26.4. The van der Waals surface area contributed by atoms with E-state index in [2.05, 4.69) is 29.5 Å². The SMILES string of the molecule is O=C(Nc1ccc(OC(F)(F)C(F)F)cc1)Nc1nc(OCC(F)(F)F)cc(OCC(F)(F)F)n1. The first-order valence-electron chi connectivity index (χ1n) is 8.84. The second-order valence-corrected chi connectivity index (χ2v) is 6.24. The molecule has 2 N–H and O–H groups in total. The van der Waals surface area contributed by atoms with Crippen molar-refractivity contribution in [2.75, 3.05) is 23.8 Å². The maximum absolute atomic E-state index is 12.9. The van der Waals surface area contributed by atoms with Gasteiger partial charge >= 0.3 is 30.9 Å². The van der Waals surface area contributed by atoms with E-state index in [-0.39, 0.29) is 5.69 Å². The van der Waals surface area contributed by atoms with E-state index >= 15 is 0 Å². The number of carbonyl (C=O) groups is 1. The monoisotopic (exact) mass is 526 g/mol. The largest absolute Gasteiger partial charge is 0.468 e. The first kappa shape index (κ1) is 27.5. The number of aromatic nitrogens is 2. The molecule has 0 aliphatic carbocycles. The van der Waals surface area contributed by atoms with E-state index in [1.165, 1.54) is 0 Å². The molecular formula is C17H12F10N4O4. The van der Waals surface area contributed by atoms with Gasteiger partial charge < -0.3 is 19.5 Å². The number of benzene rings is 1. The molecule has 2 rings (SSSR count). The number of rotatable bonds is 9. The third-order valence-corrected chi connectivity index (χ3v) is 3.29. The number of halogens is 10. The molecule has 2 aromatic rings. The predicted molar refractivity (Wildman–Crippen MR) is 95.8 cm³/mol. The summed E-state index contributed by atoms with van der Waals surface area (Å²) in [6.07, 6.45) is -18.5. The Hall–Kier alpha value is -3.73. The van der Waals surface area contributed by atoms with E-state index in [0.717, 1.165) is 24.3 Å². The quantitative estimate of drug-likeness (QED) is 0.435. The number of hydrogen-bond acceptors (Lipinski definition) is 6. The molecule has 0 radical (unpaired) electrons. The van der Waals surface area contributed by atoms with Crippen molar-refractivity contribution in [1.82, 2.24) is 9.97 Å². The first-order valence-corrected chi connectivity index (χ1v) is 8.84. The van der Waals surface area contributed by atoms with Crippen molar-refractivity contribution in [1.29, 1.82) is 0 Å². The fourth-order valence-corrected chi connectivity index (χ4v) is 1.99. The van der Waals surface area contributed by atoms with Crippen molar-refractivity contribution in [2.45, 2.75) is 24.9 Å². The summed E-state index contributed by atoms with van der Waals surface area (Å²) < 4.78 is 137. The van der Waals surface area contributed by atoms with E-state index < -0.39 is 67.6 Å². The third kappa shape index (κ3) is 9.97. The second-order valence-electron chi connectivity index (χ2n) is 6.24. The first-order chi connectivity index (χ1) is 16.0. The Balaban J connectivity index is 2.10. The van der Waals surface area contributed by atoms with E-state index in [4.69, 9.17) is 0 Å².